The predicted molar refractivity (Wildman–Crippen MR) is 105 cm³/mol. The van der Waals surface area contributed by atoms with E-state index < -0.39 is 0 Å². The maximum atomic E-state index is 13.0. The summed E-state index contributed by atoms with van der Waals surface area (Å²) < 4.78 is 13.0. The van der Waals surface area contributed by atoms with E-state index in [0.717, 1.165) is 31.9 Å². The molecule has 1 fully saturated rings. The molecule has 3 rings (SSSR count). The molecule has 27 heavy (non-hydrogen) atoms. The second-order valence-corrected chi connectivity index (χ2v) is 6.80. The molecule has 1 atom stereocenters. The van der Waals surface area contributed by atoms with Crippen molar-refractivity contribution >= 4 is 23.1 Å². The lowest BCUT2D eigenvalue weighted by molar-refractivity contribution is -0.120. The van der Waals surface area contributed by atoms with E-state index in [0.29, 0.717) is 11.3 Å². The molecule has 0 radical (unpaired) electrons. The van der Waals surface area contributed by atoms with Gasteiger partial charge in [-0.15, -0.1) is 0 Å². The standard InChI is InChI=1S/C21H24FN3O2/c1-15(21(27)23-19-7-5-18(22)6-8-19)24-11-13-25(14-12-24)20-9-3-17(4-10-20)16(2)26/h3-10,15H,11-14H2,1-2H3,(H,23,27)/t15-/m0/s1. The molecule has 1 heterocycles. The van der Waals surface area contributed by atoms with E-state index in [-0.39, 0.29) is 23.5 Å². The highest BCUT2D eigenvalue weighted by Crippen LogP contribution is 2.19. The second kappa shape index (κ2) is 8.31. The quantitative estimate of drug-likeness (QED) is 0.823. The van der Waals surface area contributed by atoms with Crippen LogP contribution >= 0.6 is 0 Å². The normalized spacial score (nSPS) is 16.0. The summed E-state index contributed by atoms with van der Waals surface area (Å²) in [5.41, 5.74) is 2.39. The van der Waals surface area contributed by atoms with Gasteiger partial charge in [-0.1, -0.05) is 0 Å². The van der Waals surface area contributed by atoms with E-state index in [1.165, 1.54) is 12.1 Å². The smallest absolute Gasteiger partial charge is 0.241 e. The molecule has 1 saturated heterocycles. The fourth-order valence-electron chi connectivity index (χ4n) is 3.22. The third-order valence-corrected chi connectivity index (χ3v) is 4.99. The number of Topliss-reactive ketones (excluding diaryl/α,β-unsaturated/α-hetero) is 1. The van der Waals surface area contributed by atoms with E-state index in [2.05, 4.69) is 15.1 Å². The Morgan fingerprint density at radius 2 is 1.56 bits per heavy atom. The highest BCUT2D eigenvalue weighted by Gasteiger charge is 2.25. The van der Waals surface area contributed by atoms with Gasteiger partial charge >= 0.3 is 0 Å². The first-order valence-electron chi connectivity index (χ1n) is 9.10. The van der Waals surface area contributed by atoms with Crippen molar-refractivity contribution in [1.82, 2.24) is 4.90 Å². The largest absolute Gasteiger partial charge is 0.369 e. The zero-order valence-electron chi connectivity index (χ0n) is 15.6. The Morgan fingerprint density at radius 3 is 2.11 bits per heavy atom. The van der Waals surface area contributed by atoms with Crippen molar-refractivity contribution in [2.45, 2.75) is 19.9 Å². The van der Waals surface area contributed by atoms with Crippen LogP contribution in [-0.4, -0.2) is 48.8 Å². The van der Waals surface area contributed by atoms with Crippen LogP contribution in [0, 0.1) is 5.82 Å². The van der Waals surface area contributed by atoms with Gasteiger partial charge in [0.05, 0.1) is 6.04 Å². The van der Waals surface area contributed by atoms with Gasteiger partial charge in [-0.3, -0.25) is 14.5 Å². The van der Waals surface area contributed by atoms with Crippen LogP contribution in [0.1, 0.15) is 24.2 Å². The maximum Gasteiger partial charge on any atom is 0.241 e. The number of hydrogen-bond donors (Lipinski definition) is 1. The number of ketones is 1. The third kappa shape index (κ3) is 4.71. The summed E-state index contributed by atoms with van der Waals surface area (Å²) in [5.74, 6) is -0.360. The summed E-state index contributed by atoms with van der Waals surface area (Å²) in [6.07, 6.45) is 0. The molecule has 0 aliphatic carbocycles. The monoisotopic (exact) mass is 369 g/mol. The van der Waals surface area contributed by atoms with Crippen LogP contribution < -0.4 is 10.2 Å². The van der Waals surface area contributed by atoms with E-state index in [4.69, 9.17) is 0 Å². The molecule has 142 valence electrons. The molecule has 1 N–H and O–H groups in total. The van der Waals surface area contributed by atoms with Crippen LogP contribution in [0.2, 0.25) is 0 Å². The average Bonchev–Trinajstić information content (AvgIpc) is 2.69. The van der Waals surface area contributed by atoms with Crippen LogP contribution in [0.4, 0.5) is 15.8 Å². The van der Waals surface area contributed by atoms with Gasteiger partial charge in [0, 0.05) is 43.1 Å². The number of benzene rings is 2. The first kappa shape index (κ1) is 19.0. The van der Waals surface area contributed by atoms with E-state index in [9.17, 15) is 14.0 Å². The van der Waals surface area contributed by atoms with Gasteiger partial charge in [-0.2, -0.15) is 0 Å². The Labute approximate surface area is 158 Å². The molecule has 0 spiro atoms. The number of anilines is 2. The van der Waals surface area contributed by atoms with Crippen LogP contribution in [0.15, 0.2) is 48.5 Å². The van der Waals surface area contributed by atoms with Gasteiger partial charge in [0.15, 0.2) is 5.78 Å². The molecule has 1 amide bonds. The zero-order chi connectivity index (χ0) is 19.4. The number of carbonyl (C=O) groups is 2. The number of carbonyl (C=O) groups excluding carboxylic acids is 2. The van der Waals surface area contributed by atoms with E-state index in [1.807, 2.05) is 31.2 Å². The number of amides is 1. The Morgan fingerprint density at radius 1 is 0.963 bits per heavy atom. The molecule has 0 bridgehead atoms. The SMILES string of the molecule is CC(=O)c1ccc(N2CCN([C@@H](C)C(=O)Nc3ccc(F)cc3)CC2)cc1. The second-order valence-electron chi connectivity index (χ2n) is 6.80. The minimum atomic E-state index is -0.325. The summed E-state index contributed by atoms with van der Waals surface area (Å²) >= 11 is 0. The Balaban J connectivity index is 1.53. The minimum absolute atomic E-state index is 0.0624. The van der Waals surface area contributed by atoms with Crippen molar-refractivity contribution in [2.24, 2.45) is 0 Å². The first-order valence-corrected chi connectivity index (χ1v) is 9.10. The van der Waals surface area contributed by atoms with Gasteiger partial charge in [0.1, 0.15) is 5.82 Å². The third-order valence-electron chi connectivity index (χ3n) is 4.99. The number of rotatable bonds is 5. The molecule has 0 saturated carbocycles. The molecule has 1 aliphatic heterocycles. The Kier molecular flexibility index (Phi) is 5.86. The van der Waals surface area contributed by atoms with Crippen LogP contribution in [0.5, 0.6) is 0 Å². The van der Waals surface area contributed by atoms with Gasteiger partial charge in [0.25, 0.3) is 0 Å². The Bertz CT molecular complexity index is 797. The molecule has 2 aromatic carbocycles. The van der Waals surface area contributed by atoms with Crippen LogP contribution in [0.3, 0.4) is 0 Å². The maximum absolute atomic E-state index is 13.0. The lowest BCUT2D eigenvalue weighted by atomic mass is 10.1. The molecular formula is C21H24FN3O2. The number of hydrogen-bond acceptors (Lipinski definition) is 4. The van der Waals surface area contributed by atoms with Crippen molar-refractivity contribution in [3.8, 4) is 0 Å². The summed E-state index contributed by atoms with van der Waals surface area (Å²) in [6.45, 7) is 6.61. The van der Waals surface area contributed by atoms with Crippen molar-refractivity contribution in [3.05, 3.63) is 59.9 Å². The molecule has 5 nitrogen and oxygen atoms in total. The van der Waals surface area contributed by atoms with Crippen molar-refractivity contribution in [2.75, 3.05) is 36.4 Å². The average molecular weight is 369 g/mol. The lowest BCUT2D eigenvalue weighted by Crippen LogP contribution is -2.52. The van der Waals surface area contributed by atoms with E-state index >= 15 is 0 Å². The van der Waals surface area contributed by atoms with Gasteiger partial charge in [0.2, 0.25) is 5.91 Å². The highest BCUT2D eigenvalue weighted by molar-refractivity contribution is 5.95. The lowest BCUT2D eigenvalue weighted by Gasteiger charge is -2.38. The van der Waals surface area contributed by atoms with Gasteiger partial charge < -0.3 is 10.2 Å². The topological polar surface area (TPSA) is 52.7 Å². The van der Waals surface area contributed by atoms with Crippen molar-refractivity contribution in [1.29, 1.82) is 0 Å². The van der Waals surface area contributed by atoms with Crippen molar-refractivity contribution in [3.63, 3.8) is 0 Å². The molecular weight excluding hydrogens is 345 g/mol. The number of halogens is 1. The van der Waals surface area contributed by atoms with Gasteiger partial charge in [-0.05, 0) is 62.4 Å². The zero-order valence-corrected chi connectivity index (χ0v) is 15.6. The fraction of sp³-hybridized carbons (Fsp3) is 0.333. The summed E-state index contributed by atoms with van der Waals surface area (Å²) in [7, 11) is 0. The molecule has 2 aromatic rings. The highest BCUT2D eigenvalue weighted by atomic mass is 19.1. The van der Waals surface area contributed by atoms with Crippen LogP contribution in [0.25, 0.3) is 0 Å². The molecule has 1 aliphatic rings. The van der Waals surface area contributed by atoms with Crippen molar-refractivity contribution < 1.29 is 14.0 Å². The minimum Gasteiger partial charge on any atom is -0.369 e. The molecule has 6 heteroatoms. The number of nitrogens with one attached hydrogen (secondary N) is 1. The Hall–Kier alpha value is -2.73. The fourth-order valence-corrected chi connectivity index (χ4v) is 3.22. The van der Waals surface area contributed by atoms with E-state index in [1.54, 1.807) is 19.1 Å². The summed E-state index contributed by atoms with van der Waals surface area (Å²) in [5, 5.41) is 2.83. The molecule has 0 aromatic heterocycles. The number of nitrogens with zero attached hydrogens (tertiary/aromatic N) is 2. The van der Waals surface area contributed by atoms with Gasteiger partial charge in [-0.25, -0.2) is 4.39 Å². The predicted octanol–water partition coefficient (Wildman–Crippen LogP) is 3.18. The first-order chi connectivity index (χ1) is 12.9. The summed E-state index contributed by atoms with van der Waals surface area (Å²) in [6, 6.07) is 13.1. The summed E-state index contributed by atoms with van der Waals surface area (Å²) in [4.78, 5) is 28.2. The number of piperazine rings is 1. The van der Waals surface area contributed by atoms with Crippen LogP contribution in [-0.2, 0) is 4.79 Å². The molecule has 0 unspecified atom stereocenters.